The summed E-state index contributed by atoms with van der Waals surface area (Å²) in [6.45, 7) is 1.61. The second kappa shape index (κ2) is 8.66. The number of urea groups is 1. The summed E-state index contributed by atoms with van der Waals surface area (Å²) >= 11 is 0.945. The standard InChI is InChI=1S/C22H22N6O4S/c1-32-17-7-3-2-5-15(17)23-22(31)24-20-19(25-26-33-20)21(30)27-10-13-9-14(12-27)16-6-4-8-18(29)28(16)11-13/h2-8,13-14H,9-12H2,1H3,(H2,23,24,31)/t13-,14-/m0/s1. The number of likely N-dealkylation sites (tertiary alicyclic amines) is 1. The van der Waals surface area contributed by atoms with Gasteiger partial charge in [-0.2, -0.15) is 0 Å². The van der Waals surface area contributed by atoms with E-state index in [9.17, 15) is 14.4 Å². The van der Waals surface area contributed by atoms with Gasteiger partial charge in [-0.05, 0) is 30.5 Å². The molecule has 11 heteroatoms. The number of pyridine rings is 1. The molecule has 3 aromatic rings. The molecule has 1 aromatic carbocycles. The zero-order valence-electron chi connectivity index (χ0n) is 17.9. The van der Waals surface area contributed by atoms with Crippen molar-refractivity contribution < 1.29 is 14.3 Å². The van der Waals surface area contributed by atoms with Crippen LogP contribution in [-0.4, -0.2) is 51.2 Å². The predicted molar refractivity (Wildman–Crippen MR) is 123 cm³/mol. The molecule has 33 heavy (non-hydrogen) atoms. The van der Waals surface area contributed by atoms with Gasteiger partial charge in [-0.15, -0.1) is 5.10 Å². The number of carbonyl (C=O) groups excluding carboxylic acids is 2. The molecule has 2 N–H and O–H groups in total. The van der Waals surface area contributed by atoms with E-state index >= 15 is 0 Å². The predicted octanol–water partition coefficient (Wildman–Crippen LogP) is 2.61. The highest BCUT2D eigenvalue weighted by Gasteiger charge is 2.37. The van der Waals surface area contributed by atoms with Crippen molar-refractivity contribution in [1.29, 1.82) is 0 Å². The first-order chi connectivity index (χ1) is 16.0. The van der Waals surface area contributed by atoms with Crippen molar-refractivity contribution >= 4 is 34.2 Å². The van der Waals surface area contributed by atoms with Gasteiger partial charge in [0.15, 0.2) is 10.7 Å². The highest BCUT2D eigenvalue weighted by atomic mass is 32.1. The van der Waals surface area contributed by atoms with E-state index in [2.05, 4.69) is 20.2 Å². The molecule has 2 aliphatic heterocycles. The van der Waals surface area contributed by atoms with E-state index in [-0.39, 0.29) is 34.0 Å². The fourth-order valence-electron chi connectivity index (χ4n) is 4.63. The van der Waals surface area contributed by atoms with E-state index in [1.54, 1.807) is 41.3 Å². The van der Waals surface area contributed by atoms with Crippen LogP contribution in [0.2, 0.25) is 0 Å². The van der Waals surface area contributed by atoms with Gasteiger partial charge in [-0.25, -0.2) is 4.79 Å². The SMILES string of the molecule is COc1ccccc1NC(=O)Nc1snnc1C(=O)N1C[C@@H]2C[C@@H](C1)c1cccc(=O)n1C2. The second-order valence-corrected chi connectivity index (χ2v) is 8.89. The lowest BCUT2D eigenvalue weighted by atomic mass is 9.83. The minimum atomic E-state index is -0.525. The number of hydrogen-bond acceptors (Lipinski definition) is 7. The Morgan fingerprint density at radius 1 is 1.09 bits per heavy atom. The maximum absolute atomic E-state index is 13.3. The van der Waals surface area contributed by atoms with Crippen LogP contribution in [-0.2, 0) is 6.54 Å². The van der Waals surface area contributed by atoms with Crippen LogP contribution < -0.4 is 20.9 Å². The number of amides is 3. The molecule has 1 saturated heterocycles. The molecule has 0 unspecified atom stereocenters. The van der Waals surface area contributed by atoms with E-state index in [1.165, 1.54) is 7.11 Å². The fraction of sp³-hybridized carbons (Fsp3) is 0.318. The normalized spacial score (nSPS) is 18.9. The molecule has 10 nitrogen and oxygen atoms in total. The molecule has 0 saturated carbocycles. The molecule has 0 radical (unpaired) electrons. The van der Waals surface area contributed by atoms with Crippen LogP contribution in [0.3, 0.4) is 0 Å². The molecule has 3 amide bonds. The van der Waals surface area contributed by atoms with E-state index in [0.29, 0.717) is 31.1 Å². The van der Waals surface area contributed by atoms with Gasteiger partial charge in [-0.3, -0.25) is 14.9 Å². The number of carbonyl (C=O) groups is 2. The smallest absolute Gasteiger partial charge is 0.324 e. The summed E-state index contributed by atoms with van der Waals surface area (Å²) < 4.78 is 10.9. The summed E-state index contributed by atoms with van der Waals surface area (Å²) in [7, 11) is 1.52. The number of nitrogens with one attached hydrogen (secondary N) is 2. The van der Waals surface area contributed by atoms with E-state index in [0.717, 1.165) is 23.6 Å². The highest BCUT2D eigenvalue weighted by molar-refractivity contribution is 7.10. The first-order valence-electron chi connectivity index (χ1n) is 10.6. The Hall–Kier alpha value is -3.73. The number of ether oxygens (including phenoxy) is 1. The van der Waals surface area contributed by atoms with Crippen LogP contribution in [0.5, 0.6) is 5.75 Å². The quantitative estimate of drug-likeness (QED) is 0.610. The average Bonchev–Trinajstić information content (AvgIpc) is 3.27. The molecule has 5 rings (SSSR count). The summed E-state index contributed by atoms with van der Waals surface area (Å²) in [5.74, 6) is 0.521. The molecule has 2 bridgehead atoms. The van der Waals surface area contributed by atoms with Crippen molar-refractivity contribution in [3.05, 3.63) is 64.2 Å². The molecule has 4 heterocycles. The first kappa shape index (κ1) is 21.1. The van der Waals surface area contributed by atoms with Gasteiger partial charge in [0.2, 0.25) is 0 Å². The molecular weight excluding hydrogens is 444 g/mol. The maximum Gasteiger partial charge on any atom is 0.324 e. The second-order valence-electron chi connectivity index (χ2n) is 8.14. The Morgan fingerprint density at radius 3 is 2.79 bits per heavy atom. The molecule has 1 fully saturated rings. The van der Waals surface area contributed by atoms with Crippen molar-refractivity contribution in [2.24, 2.45) is 5.92 Å². The average molecular weight is 467 g/mol. The van der Waals surface area contributed by atoms with E-state index < -0.39 is 6.03 Å². The fourth-order valence-corrected chi connectivity index (χ4v) is 5.19. The van der Waals surface area contributed by atoms with Crippen molar-refractivity contribution in [3.8, 4) is 5.75 Å². The third kappa shape index (κ3) is 4.07. The lowest BCUT2D eigenvalue weighted by Gasteiger charge is -2.42. The van der Waals surface area contributed by atoms with Gasteiger partial charge < -0.3 is 19.5 Å². The summed E-state index contributed by atoms with van der Waals surface area (Å²) in [6.07, 6.45) is 0.939. The number of benzene rings is 1. The lowest BCUT2D eigenvalue weighted by molar-refractivity contribution is 0.0590. The molecule has 0 aliphatic carbocycles. The molecule has 2 atom stereocenters. The van der Waals surface area contributed by atoms with Crippen LogP contribution >= 0.6 is 11.5 Å². The zero-order valence-corrected chi connectivity index (χ0v) is 18.7. The van der Waals surface area contributed by atoms with Crippen LogP contribution in [0.1, 0.15) is 28.5 Å². The number of hydrogen-bond donors (Lipinski definition) is 2. The van der Waals surface area contributed by atoms with Gasteiger partial charge in [0.1, 0.15) is 5.75 Å². The largest absolute Gasteiger partial charge is 0.495 e. The van der Waals surface area contributed by atoms with Crippen LogP contribution in [0.4, 0.5) is 15.5 Å². The number of rotatable bonds is 4. The monoisotopic (exact) mass is 466 g/mol. The number of methoxy groups -OCH3 is 1. The highest BCUT2D eigenvalue weighted by Crippen LogP contribution is 2.36. The Kier molecular flexibility index (Phi) is 5.55. The topological polar surface area (TPSA) is 118 Å². The lowest BCUT2D eigenvalue weighted by Crippen LogP contribution is -2.49. The Bertz CT molecular complexity index is 1270. The Morgan fingerprint density at radius 2 is 1.94 bits per heavy atom. The van der Waals surface area contributed by atoms with Crippen LogP contribution in [0.15, 0.2) is 47.3 Å². The molecule has 2 aliphatic rings. The molecular formula is C22H22N6O4S. The minimum absolute atomic E-state index is 0.00165. The van der Waals surface area contributed by atoms with Gasteiger partial charge in [-0.1, -0.05) is 22.7 Å². The number of piperidine rings is 1. The number of aromatic nitrogens is 3. The zero-order chi connectivity index (χ0) is 22.9. The van der Waals surface area contributed by atoms with Gasteiger partial charge >= 0.3 is 6.03 Å². The van der Waals surface area contributed by atoms with Crippen molar-refractivity contribution in [1.82, 2.24) is 19.1 Å². The first-order valence-corrected chi connectivity index (χ1v) is 11.3. The number of para-hydroxylation sites is 2. The number of fused-ring (bicyclic) bond motifs is 4. The third-order valence-electron chi connectivity index (χ3n) is 6.04. The summed E-state index contributed by atoms with van der Waals surface area (Å²) in [4.78, 5) is 39.8. The summed E-state index contributed by atoms with van der Waals surface area (Å²) in [6, 6.07) is 11.8. The number of nitrogens with zero attached hydrogens (tertiary/aromatic N) is 4. The molecule has 0 spiro atoms. The van der Waals surface area contributed by atoms with Crippen LogP contribution in [0.25, 0.3) is 0 Å². The van der Waals surface area contributed by atoms with Gasteiger partial charge in [0.25, 0.3) is 11.5 Å². The van der Waals surface area contributed by atoms with Gasteiger partial charge in [0.05, 0.1) is 12.8 Å². The third-order valence-corrected chi connectivity index (χ3v) is 6.68. The maximum atomic E-state index is 13.3. The molecule has 170 valence electrons. The van der Waals surface area contributed by atoms with Gasteiger partial charge in [0, 0.05) is 48.8 Å². The summed E-state index contributed by atoms with van der Waals surface area (Å²) in [5.41, 5.74) is 1.57. The Balaban J connectivity index is 1.31. The number of anilines is 2. The Labute approximate surface area is 193 Å². The molecule has 2 aromatic heterocycles. The van der Waals surface area contributed by atoms with E-state index in [4.69, 9.17) is 4.74 Å². The minimum Gasteiger partial charge on any atom is -0.495 e. The van der Waals surface area contributed by atoms with Crippen molar-refractivity contribution in [3.63, 3.8) is 0 Å². The summed E-state index contributed by atoms with van der Waals surface area (Å²) in [5, 5.41) is 9.66. The van der Waals surface area contributed by atoms with Crippen LogP contribution in [0, 0.1) is 5.92 Å². The van der Waals surface area contributed by atoms with Crippen molar-refractivity contribution in [2.45, 2.75) is 18.9 Å². The van der Waals surface area contributed by atoms with Crippen molar-refractivity contribution in [2.75, 3.05) is 30.8 Å². The van der Waals surface area contributed by atoms with E-state index in [1.807, 2.05) is 10.6 Å².